The molecule has 27 heavy (non-hydrogen) atoms. The van der Waals surface area contributed by atoms with Gasteiger partial charge in [0, 0.05) is 11.9 Å². The van der Waals surface area contributed by atoms with Gasteiger partial charge in [-0.15, -0.1) is 10.2 Å². The molecule has 0 radical (unpaired) electrons. The summed E-state index contributed by atoms with van der Waals surface area (Å²) in [5.41, 5.74) is 4.35. The molecule has 1 aromatic carbocycles. The van der Waals surface area contributed by atoms with E-state index in [0.29, 0.717) is 23.2 Å². The van der Waals surface area contributed by atoms with Gasteiger partial charge in [0.15, 0.2) is 11.5 Å². The molecule has 0 spiro atoms. The summed E-state index contributed by atoms with van der Waals surface area (Å²) in [5, 5.41) is 15.0. The summed E-state index contributed by atoms with van der Waals surface area (Å²) in [6, 6.07) is 9.45. The van der Waals surface area contributed by atoms with E-state index in [-0.39, 0.29) is 12.3 Å². The summed E-state index contributed by atoms with van der Waals surface area (Å²) < 4.78 is 6.97. The Morgan fingerprint density at radius 2 is 2.00 bits per heavy atom. The lowest BCUT2D eigenvalue weighted by Crippen LogP contribution is -2.17. The van der Waals surface area contributed by atoms with Crippen molar-refractivity contribution in [3.05, 3.63) is 59.3 Å². The molecule has 8 heteroatoms. The Labute approximate surface area is 155 Å². The average molecular weight is 362 g/mol. The SMILES string of the molecule is Cc1noc(-c2ccc3nnc(CC(=O)Nc4cccc(C)c4C)n3c2)n1. The molecule has 1 N–H and O–H groups in total. The second-order valence-corrected chi connectivity index (χ2v) is 6.38. The summed E-state index contributed by atoms with van der Waals surface area (Å²) in [7, 11) is 0. The van der Waals surface area contributed by atoms with Gasteiger partial charge < -0.3 is 9.84 Å². The molecule has 0 bridgehead atoms. The quantitative estimate of drug-likeness (QED) is 0.599. The molecule has 0 fully saturated rings. The number of carbonyl (C=O) groups is 1. The third-order valence-electron chi connectivity index (χ3n) is 4.44. The van der Waals surface area contributed by atoms with Crippen LogP contribution in [0.5, 0.6) is 0 Å². The smallest absolute Gasteiger partial charge is 0.259 e. The molecular formula is C19H18N6O2. The van der Waals surface area contributed by atoms with Gasteiger partial charge in [-0.3, -0.25) is 9.20 Å². The number of nitrogens with zero attached hydrogens (tertiary/aromatic N) is 5. The number of benzene rings is 1. The van der Waals surface area contributed by atoms with Gasteiger partial charge in [0.05, 0.1) is 12.0 Å². The van der Waals surface area contributed by atoms with Crippen molar-refractivity contribution in [3.63, 3.8) is 0 Å². The number of hydrogen-bond acceptors (Lipinski definition) is 6. The predicted molar refractivity (Wildman–Crippen MR) is 99.3 cm³/mol. The summed E-state index contributed by atoms with van der Waals surface area (Å²) in [6.45, 7) is 5.75. The summed E-state index contributed by atoms with van der Waals surface area (Å²) >= 11 is 0. The number of amides is 1. The van der Waals surface area contributed by atoms with Gasteiger partial charge in [-0.05, 0) is 50.1 Å². The highest BCUT2D eigenvalue weighted by atomic mass is 16.5. The second-order valence-electron chi connectivity index (χ2n) is 6.38. The van der Waals surface area contributed by atoms with Gasteiger partial charge in [0.2, 0.25) is 5.91 Å². The fourth-order valence-corrected chi connectivity index (χ4v) is 2.82. The molecule has 136 valence electrons. The predicted octanol–water partition coefficient (Wildman–Crippen LogP) is 2.89. The number of nitrogens with one attached hydrogen (secondary N) is 1. The van der Waals surface area contributed by atoms with Gasteiger partial charge in [0.25, 0.3) is 5.89 Å². The number of aromatic nitrogens is 5. The van der Waals surface area contributed by atoms with Crippen molar-refractivity contribution in [1.29, 1.82) is 0 Å². The molecule has 3 aromatic heterocycles. The van der Waals surface area contributed by atoms with Crippen LogP contribution in [0.15, 0.2) is 41.1 Å². The second kappa shape index (κ2) is 6.64. The summed E-state index contributed by atoms with van der Waals surface area (Å²) in [6.07, 6.45) is 1.89. The standard InChI is InChI=1S/C19H18N6O2/c1-11-5-4-6-15(12(11)2)21-18(26)9-17-23-22-16-8-7-14(10-25(16)17)19-20-13(3)24-27-19/h4-8,10H,9H2,1-3H3,(H,21,26). The van der Waals surface area contributed by atoms with E-state index in [2.05, 4.69) is 25.7 Å². The lowest BCUT2D eigenvalue weighted by Gasteiger charge is -2.10. The number of anilines is 1. The van der Waals surface area contributed by atoms with E-state index in [4.69, 9.17) is 4.52 Å². The molecule has 4 rings (SSSR count). The van der Waals surface area contributed by atoms with Gasteiger partial charge in [0.1, 0.15) is 5.82 Å². The number of fused-ring (bicyclic) bond motifs is 1. The number of pyridine rings is 1. The first-order chi connectivity index (χ1) is 13.0. The zero-order valence-electron chi connectivity index (χ0n) is 15.2. The van der Waals surface area contributed by atoms with Gasteiger partial charge >= 0.3 is 0 Å². The normalized spacial score (nSPS) is 11.1. The maximum Gasteiger partial charge on any atom is 0.259 e. The first kappa shape index (κ1) is 16.9. The largest absolute Gasteiger partial charge is 0.334 e. The van der Waals surface area contributed by atoms with E-state index in [1.165, 1.54) is 0 Å². The number of aryl methyl sites for hydroxylation is 2. The molecule has 0 aliphatic carbocycles. The van der Waals surface area contributed by atoms with Gasteiger partial charge in [-0.2, -0.15) is 4.98 Å². The minimum absolute atomic E-state index is 0.0981. The molecular weight excluding hydrogens is 344 g/mol. The van der Waals surface area contributed by atoms with Crippen LogP contribution in [-0.2, 0) is 11.2 Å². The Bertz CT molecular complexity index is 1140. The van der Waals surface area contributed by atoms with Crippen LogP contribution in [0, 0.1) is 20.8 Å². The van der Waals surface area contributed by atoms with Crippen molar-refractivity contribution < 1.29 is 9.32 Å². The highest BCUT2D eigenvalue weighted by Crippen LogP contribution is 2.20. The number of rotatable bonds is 4. The topological polar surface area (TPSA) is 98.2 Å². The maximum absolute atomic E-state index is 12.5. The van der Waals surface area contributed by atoms with E-state index in [1.54, 1.807) is 23.6 Å². The van der Waals surface area contributed by atoms with E-state index in [0.717, 1.165) is 22.4 Å². The third-order valence-corrected chi connectivity index (χ3v) is 4.44. The number of hydrogen-bond donors (Lipinski definition) is 1. The highest BCUT2D eigenvalue weighted by Gasteiger charge is 2.14. The van der Waals surface area contributed by atoms with E-state index < -0.39 is 0 Å². The fourth-order valence-electron chi connectivity index (χ4n) is 2.82. The lowest BCUT2D eigenvalue weighted by atomic mass is 10.1. The van der Waals surface area contributed by atoms with Crippen LogP contribution in [0.25, 0.3) is 17.1 Å². The monoisotopic (exact) mass is 362 g/mol. The molecule has 0 saturated heterocycles. The van der Waals surface area contributed by atoms with Crippen LogP contribution in [0.4, 0.5) is 5.69 Å². The zero-order valence-corrected chi connectivity index (χ0v) is 15.2. The molecule has 0 aliphatic rings. The molecule has 1 amide bonds. The molecule has 8 nitrogen and oxygen atoms in total. The van der Waals surface area contributed by atoms with E-state index in [1.807, 2.05) is 38.1 Å². The maximum atomic E-state index is 12.5. The van der Waals surface area contributed by atoms with Crippen LogP contribution in [0.1, 0.15) is 22.8 Å². The van der Waals surface area contributed by atoms with Crippen LogP contribution in [0.2, 0.25) is 0 Å². The van der Waals surface area contributed by atoms with Crippen molar-refractivity contribution in [2.75, 3.05) is 5.32 Å². The van der Waals surface area contributed by atoms with Crippen LogP contribution in [-0.4, -0.2) is 30.6 Å². The Kier molecular flexibility index (Phi) is 4.15. The van der Waals surface area contributed by atoms with Crippen LogP contribution in [0.3, 0.4) is 0 Å². The number of carbonyl (C=O) groups excluding carboxylic acids is 1. The highest BCUT2D eigenvalue weighted by molar-refractivity contribution is 5.92. The minimum Gasteiger partial charge on any atom is -0.334 e. The minimum atomic E-state index is -0.156. The van der Waals surface area contributed by atoms with Crippen molar-refractivity contribution in [2.45, 2.75) is 27.2 Å². The molecule has 0 atom stereocenters. The third kappa shape index (κ3) is 3.29. The van der Waals surface area contributed by atoms with Crippen LogP contribution >= 0.6 is 0 Å². The molecule has 0 aliphatic heterocycles. The average Bonchev–Trinajstić information content (AvgIpc) is 3.25. The fraction of sp³-hybridized carbons (Fsp3) is 0.211. The Hall–Kier alpha value is -3.55. The van der Waals surface area contributed by atoms with Gasteiger partial charge in [-0.1, -0.05) is 17.3 Å². The molecule has 3 heterocycles. The Morgan fingerprint density at radius 3 is 2.78 bits per heavy atom. The van der Waals surface area contributed by atoms with E-state index in [9.17, 15) is 4.79 Å². The first-order valence-corrected chi connectivity index (χ1v) is 8.51. The van der Waals surface area contributed by atoms with Crippen molar-refractivity contribution in [1.82, 2.24) is 24.7 Å². The molecule has 4 aromatic rings. The summed E-state index contributed by atoms with van der Waals surface area (Å²) in [5.74, 6) is 1.35. The molecule has 0 unspecified atom stereocenters. The molecule has 0 saturated carbocycles. The van der Waals surface area contributed by atoms with Gasteiger partial charge in [-0.25, -0.2) is 0 Å². The van der Waals surface area contributed by atoms with Crippen LogP contribution < -0.4 is 5.32 Å². The van der Waals surface area contributed by atoms with Crippen molar-refractivity contribution >= 4 is 17.2 Å². The summed E-state index contributed by atoms with van der Waals surface area (Å²) in [4.78, 5) is 16.7. The van der Waals surface area contributed by atoms with E-state index >= 15 is 0 Å². The zero-order chi connectivity index (χ0) is 19.0. The van der Waals surface area contributed by atoms with Crippen molar-refractivity contribution in [3.8, 4) is 11.5 Å². The Morgan fingerprint density at radius 1 is 1.15 bits per heavy atom. The first-order valence-electron chi connectivity index (χ1n) is 8.51. The lowest BCUT2D eigenvalue weighted by molar-refractivity contribution is -0.115. The Balaban J connectivity index is 1.60. The van der Waals surface area contributed by atoms with Crippen molar-refractivity contribution in [2.24, 2.45) is 0 Å².